The molecule has 0 aliphatic rings. The lowest BCUT2D eigenvalue weighted by Crippen LogP contribution is -2.17. The highest BCUT2D eigenvalue weighted by Gasteiger charge is 2.04. The van der Waals surface area contributed by atoms with E-state index >= 15 is 0 Å². The van der Waals surface area contributed by atoms with Crippen LogP contribution in [0.5, 0.6) is 0 Å². The van der Waals surface area contributed by atoms with Gasteiger partial charge in [-0.15, -0.1) is 0 Å². The maximum Gasteiger partial charge on any atom is 0.271 e. The van der Waals surface area contributed by atoms with Crippen molar-refractivity contribution in [3.8, 4) is 0 Å². The van der Waals surface area contributed by atoms with Gasteiger partial charge in [0.05, 0.1) is 16.3 Å². The average Bonchev–Trinajstić information content (AvgIpc) is 2.43. The van der Waals surface area contributed by atoms with Gasteiger partial charge in [0.15, 0.2) is 0 Å². The van der Waals surface area contributed by atoms with Crippen LogP contribution in [0.25, 0.3) is 0 Å². The van der Waals surface area contributed by atoms with E-state index < -0.39 is 0 Å². The fourth-order valence-corrected chi connectivity index (χ4v) is 1.99. The molecule has 1 N–H and O–H groups in total. The topological polar surface area (TPSA) is 41.5 Å². The Bertz CT molecular complexity index is 669. The lowest BCUT2D eigenvalue weighted by Gasteiger charge is -2.02. The van der Waals surface area contributed by atoms with Gasteiger partial charge in [0.1, 0.15) is 0 Å². The number of carbonyl (C=O) groups is 1. The van der Waals surface area contributed by atoms with E-state index in [1.807, 2.05) is 19.1 Å². The second kappa shape index (κ2) is 6.55. The predicted molar refractivity (Wildman–Crippen MR) is 82.7 cm³/mol. The molecule has 20 heavy (non-hydrogen) atoms. The molecule has 0 fully saturated rings. The summed E-state index contributed by atoms with van der Waals surface area (Å²) in [6, 6.07) is 12.5. The summed E-state index contributed by atoms with van der Waals surface area (Å²) < 4.78 is 0. The summed E-state index contributed by atoms with van der Waals surface area (Å²) in [7, 11) is 0. The van der Waals surface area contributed by atoms with Gasteiger partial charge < -0.3 is 0 Å². The SMILES string of the molecule is Cc1cccc(C(=O)NN=Cc2cccc(Cl)c2Cl)c1. The minimum atomic E-state index is -0.275. The first-order chi connectivity index (χ1) is 9.58. The number of carbonyl (C=O) groups excluding carboxylic acids is 1. The number of nitrogens with zero attached hydrogens (tertiary/aromatic N) is 1. The van der Waals surface area contributed by atoms with E-state index in [1.165, 1.54) is 6.21 Å². The number of hydrogen-bond acceptors (Lipinski definition) is 2. The molecule has 0 spiro atoms. The lowest BCUT2D eigenvalue weighted by molar-refractivity contribution is 0.0955. The maximum absolute atomic E-state index is 11.9. The Morgan fingerprint density at radius 3 is 2.70 bits per heavy atom. The third-order valence-corrected chi connectivity index (χ3v) is 3.46. The monoisotopic (exact) mass is 306 g/mol. The van der Waals surface area contributed by atoms with Crippen LogP contribution in [0.3, 0.4) is 0 Å². The van der Waals surface area contributed by atoms with Crippen LogP contribution in [0.4, 0.5) is 0 Å². The summed E-state index contributed by atoms with van der Waals surface area (Å²) >= 11 is 11.9. The molecule has 2 aromatic rings. The van der Waals surface area contributed by atoms with Crippen molar-refractivity contribution in [3.63, 3.8) is 0 Å². The van der Waals surface area contributed by atoms with Crippen molar-refractivity contribution < 1.29 is 4.79 Å². The molecule has 0 aliphatic heterocycles. The zero-order chi connectivity index (χ0) is 14.5. The number of aryl methyl sites for hydroxylation is 1. The predicted octanol–water partition coefficient (Wildman–Crippen LogP) is 4.07. The second-order valence-corrected chi connectivity index (χ2v) is 5.00. The molecule has 0 bridgehead atoms. The molecule has 2 rings (SSSR count). The van der Waals surface area contributed by atoms with E-state index in [-0.39, 0.29) is 5.91 Å². The Hall–Kier alpha value is -1.84. The Morgan fingerprint density at radius 2 is 1.95 bits per heavy atom. The number of rotatable bonds is 3. The van der Waals surface area contributed by atoms with E-state index in [4.69, 9.17) is 23.2 Å². The van der Waals surface area contributed by atoms with Crippen molar-refractivity contribution in [2.24, 2.45) is 5.10 Å². The van der Waals surface area contributed by atoms with Gasteiger partial charge in [0, 0.05) is 11.1 Å². The molecule has 5 heteroatoms. The summed E-state index contributed by atoms with van der Waals surface area (Å²) in [5.41, 5.74) is 4.66. The van der Waals surface area contributed by atoms with Crippen LogP contribution in [0.15, 0.2) is 47.6 Å². The van der Waals surface area contributed by atoms with Crippen LogP contribution in [0.1, 0.15) is 21.5 Å². The number of hydrogen-bond donors (Lipinski definition) is 1. The number of benzene rings is 2. The molecular weight excluding hydrogens is 295 g/mol. The molecule has 0 aromatic heterocycles. The number of halogens is 2. The van der Waals surface area contributed by atoms with Crippen molar-refractivity contribution in [1.82, 2.24) is 5.43 Å². The highest BCUT2D eigenvalue weighted by Crippen LogP contribution is 2.24. The molecule has 3 nitrogen and oxygen atoms in total. The average molecular weight is 307 g/mol. The van der Waals surface area contributed by atoms with Gasteiger partial charge in [0.2, 0.25) is 0 Å². The Kier molecular flexibility index (Phi) is 4.77. The fourth-order valence-electron chi connectivity index (χ4n) is 1.63. The minimum absolute atomic E-state index is 0.275. The Labute approximate surface area is 127 Å². The third kappa shape index (κ3) is 3.59. The van der Waals surface area contributed by atoms with Gasteiger partial charge in [-0.1, -0.05) is 53.0 Å². The van der Waals surface area contributed by atoms with Crippen LogP contribution < -0.4 is 5.43 Å². The molecular formula is C15H12Cl2N2O. The first kappa shape index (κ1) is 14.6. The van der Waals surface area contributed by atoms with Crippen molar-refractivity contribution in [2.45, 2.75) is 6.92 Å². The highest BCUT2D eigenvalue weighted by molar-refractivity contribution is 6.43. The van der Waals surface area contributed by atoms with Crippen LogP contribution in [-0.4, -0.2) is 12.1 Å². The summed E-state index contributed by atoms with van der Waals surface area (Å²) in [6.45, 7) is 1.92. The largest absolute Gasteiger partial charge is 0.271 e. The van der Waals surface area contributed by atoms with E-state index in [9.17, 15) is 4.79 Å². The number of hydrazone groups is 1. The molecule has 0 aliphatic carbocycles. The van der Waals surface area contributed by atoms with E-state index in [2.05, 4.69) is 10.5 Å². The summed E-state index contributed by atoms with van der Waals surface area (Å²) in [5, 5.41) is 4.73. The normalized spacial score (nSPS) is 10.8. The zero-order valence-electron chi connectivity index (χ0n) is 10.7. The van der Waals surface area contributed by atoms with E-state index in [0.29, 0.717) is 21.2 Å². The Morgan fingerprint density at radius 1 is 1.20 bits per heavy atom. The molecule has 0 unspecified atom stereocenters. The molecule has 0 saturated carbocycles. The standard InChI is InChI=1S/C15H12Cl2N2O/c1-10-4-2-5-11(8-10)15(20)19-18-9-12-6-3-7-13(16)14(12)17/h2-9H,1H3,(H,19,20). The summed E-state index contributed by atoms with van der Waals surface area (Å²) in [5.74, 6) is -0.275. The second-order valence-electron chi connectivity index (χ2n) is 4.21. The van der Waals surface area contributed by atoms with Crippen molar-refractivity contribution >= 4 is 35.3 Å². The number of amides is 1. The zero-order valence-corrected chi connectivity index (χ0v) is 12.2. The number of nitrogens with one attached hydrogen (secondary N) is 1. The van der Waals surface area contributed by atoms with Crippen molar-refractivity contribution in [2.75, 3.05) is 0 Å². The van der Waals surface area contributed by atoms with Gasteiger partial charge in [-0.2, -0.15) is 5.10 Å². The third-order valence-electron chi connectivity index (χ3n) is 2.63. The minimum Gasteiger partial charge on any atom is -0.267 e. The quantitative estimate of drug-likeness (QED) is 0.674. The molecule has 0 saturated heterocycles. The van der Waals surface area contributed by atoms with E-state index in [1.54, 1.807) is 30.3 Å². The van der Waals surface area contributed by atoms with Crippen LogP contribution in [0, 0.1) is 6.92 Å². The molecule has 0 atom stereocenters. The van der Waals surface area contributed by atoms with Gasteiger partial charge in [-0.05, 0) is 25.1 Å². The van der Waals surface area contributed by atoms with Crippen molar-refractivity contribution in [1.29, 1.82) is 0 Å². The van der Waals surface area contributed by atoms with Crippen molar-refractivity contribution in [3.05, 3.63) is 69.2 Å². The molecule has 2 aromatic carbocycles. The lowest BCUT2D eigenvalue weighted by atomic mass is 10.1. The summed E-state index contributed by atoms with van der Waals surface area (Å²) in [6.07, 6.45) is 1.46. The van der Waals surface area contributed by atoms with Gasteiger partial charge in [0.25, 0.3) is 5.91 Å². The Balaban J connectivity index is 2.07. The smallest absolute Gasteiger partial charge is 0.267 e. The highest BCUT2D eigenvalue weighted by atomic mass is 35.5. The molecule has 0 radical (unpaired) electrons. The first-order valence-corrected chi connectivity index (χ1v) is 6.67. The van der Waals surface area contributed by atoms with Gasteiger partial charge in [-0.3, -0.25) is 4.79 Å². The summed E-state index contributed by atoms with van der Waals surface area (Å²) in [4.78, 5) is 11.9. The fraction of sp³-hybridized carbons (Fsp3) is 0.0667. The van der Waals surface area contributed by atoms with Crippen LogP contribution >= 0.6 is 23.2 Å². The van der Waals surface area contributed by atoms with Crippen LogP contribution in [0.2, 0.25) is 10.0 Å². The van der Waals surface area contributed by atoms with E-state index in [0.717, 1.165) is 5.56 Å². The van der Waals surface area contributed by atoms with Gasteiger partial charge >= 0.3 is 0 Å². The van der Waals surface area contributed by atoms with Gasteiger partial charge in [-0.25, -0.2) is 5.43 Å². The molecule has 102 valence electrons. The van der Waals surface area contributed by atoms with Crippen LogP contribution in [-0.2, 0) is 0 Å². The maximum atomic E-state index is 11.9. The first-order valence-electron chi connectivity index (χ1n) is 5.92. The molecule has 0 heterocycles. The molecule has 1 amide bonds.